The molecule has 2 nitrogen and oxygen atoms in total. The molecule has 0 unspecified atom stereocenters. The Hall–Kier alpha value is -0.0800. The molecule has 0 spiro atoms. The first-order valence-electron chi connectivity index (χ1n) is 7.75. The fraction of sp³-hybridized carbons (Fsp3) is 1.00. The molecule has 1 saturated heterocycles. The minimum absolute atomic E-state index is 0.315. The third kappa shape index (κ3) is 2.60. The van der Waals surface area contributed by atoms with E-state index in [9.17, 15) is 0 Å². The second-order valence-electron chi connectivity index (χ2n) is 7.41. The standard InChI is InChI=1S/C16H35N2/c1-9-18(10-2,11-3)14-12-15(4,5)17(8)16(6,7)13-14/h14H,9-13H2,1-8H3/q+1. The molecule has 0 aromatic heterocycles. The Morgan fingerprint density at radius 1 is 0.889 bits per heavy atom. The molecule has 1 rings (SSSR count). The largest absolute Gasteiger partial charge is 0.322 e. The van der Waals surface area contributed by atoms with Crippen LogP contribution >= 0.6 is 0 Å². The second kappa shape index (κ2) is 5.13. The van der Waals surface area contributed by atoms with E-state index in [0.29, 0.717) is 11.1 Å². The average Bonchev–Trinajstić information content (AvgIpc) is 2.28. The Bertz CT molecular complexity index is 251. The van der Waals surface area contributed by atoms with Gasteiger partial charge in [-0.3, -0.25) is 4.90 Å². The van der Waals surface area contributed by atoms with Crippen molar-refractivity contribution in [2.45, 2.75) is 78.4 Å². The van der Waals surface area contributed by atoms with Gasteiger partial charge in [0.25, 0.3) is 0 Å². The molecule has 0 aromatic carbocycles. The van der Waals surface area contributed by atoms with E-state index in [1.807, 2.05) is 0 Å². The van der Waals surface area contributed by atoms with Gasteiger partial charge in [-0.25, -0.2) is 0 Å². The molecule has 0 bridgehead atoms. The van der Waals surface area contributed by atoms with Crippen molar-refractivity contribution in [2.75, 3.05) is 26.7 Å². The Morgan fingerprint density at radius 3 is 1.50 bits per heavy atom. The fourth-order valence-electron chi connectivity index (χ4n) is 4.15. The molecule has 18 heavy (non-hydrogen) atoms. The summed E-state index contributed by atoms with van der Waals surface area (Å²) in [5, 5.41) is 0. The number of nitrogens with zero attached hydrogens (tertiary/aromatic N) is 2. The van der Waals surface area contributed by atoms with E-state index in [2.05, 4.69) is 60.4 Å². The Morgan fingerprint density at radius 2 is 1.22 bits per heavy atom. The van der Waals surface area contributed by atoms with Crippen molar-refractivity contribution in [3.63, 3.8) is 0 Å². The molecule has 0 aromatic rings. The van der Waals surface area contributed by atoms with E-state index in [0.717, 1.165) is 6.04 Å². The maximum Gasteiger partial charge on any atom is 0.0925 e. The van der Waals surface area contributed by atoms with Gasteiger partial charge in [-0.15, -0.1) is 0 Å². The van der Waals surface area contributed by atoms with Gasteiger partial charge < -0.3 is 4.48 Å². The summed E-state index contributed by atoms with van der Waals surface area (Å²) in [6.07, 6.45) is 2.64. The zero-order valence-electron chi connectivity index (χ0n) is 14.0. The maximum absolute atomic E-state index is 2.59. The number of rotatable bonds is 4. The predicted octanol–water partition coefficient (Wildman–Crippen LogP) is 3.51. The van der Waals surface area contributed by atoms with Gasteiger partial charge in [-0.2, -0.15) is 0 Å². The Balaban J connectivity index is 3.05. The van der Waals surface area contributed by atoms with Crippen molar-refractivity contribution >= 4 is 0 Å². The van der Waals surface area contributed by atoms with Gasteiger partial charge in [0.2, 0.25) is 0 Å². The summed E-state index contributed by atoms with van der Waals surface area (Å²) < 4.78 is 1.29. The molecule has 1 fully saturated rings. The van der Waals surface area contributed by atoms with Gasteiger partial charge in [0.15, 0.2) is 0 Å². The van der Waals surface area contributed by atoms with Crippen LogP contribution in [0.2, 0.25) is 0 Å². The van der Waals surface area contributed by atoms with E-state index in [-0.39, 0.29) is 0 Å². The minimum atomic E-state index is 0.315. The zero-order valence-corrected chi connectivity index (χ0v) is 14.0. The second-order valence-corrected chi connectivity index (χ2v) is 7.41. The molecule has 2 heteroatoms. The molecule has 1 aliphatic rings. The number of hydrogen-bond acceptors (Lipinski definition) is 1. The van der Waals surface area contributed by atoms with Crippen molar-refractivity contribution < 1.29 is 4.48 Å². The number of likely N-dealkylation sites (tertiary alicyclic amines) is 1. The van der Waals surface area contributed by atoms with Crippen molar-refractivity contribution in [3.05, 3.63) is 0 Å². The SMILES string of the molecule is CC[N+](CC)(CC)C1CC(C)(C)N(C)C(C)(C)C1. The highest BCUT2D eigenvalue weighted by Gasteiger charge is 2.49. The Kier molecular flexibility index (Phi) is 4.55. The number of hydrogen-bond donors (Lipinski definition) is 0. The van der Waals surface area contributed by atoms with Gasteiger partial charge in [0.05, 0.1) is 25.7 Å². The zero-order chi connectivity index (χ0) is 14.2. The predicted molar refractivity (Wildman–Crippen MR) is 80.8 cm³/mol. The lowest BCUT2D eigenvalue weighted by atomic mass is 9.76. The van der Waals surface area contributed by atoms with E-state index in [1.54, 1.807) is 0 Å². The lowest BCUT2D eigenvalue weighted by Gasteiger charge is -2.57. The van der Waals surface area contributed by atoms with Crippen LogP contribution in [0.3, 0.4) is 0 Å². The quantitative estimate of drug-likeness (QED) is 0.695. The molecular formula is C16H35N2+. The molecule has 0 saturated carbocycles. The Labute approximate surface area is 115 Å². The van der Waals surface area contributed by atoms with Gasteiger partial charge in [-0.05, 0) is 55.5 Å². The lowest BCUT2D eigenvalue weighted by Crippen LogP contribution is -2.67. The molecule has 0 aliphatic carbocycles. The number of piperidine rings is 1. The summed E-state index contributed by atoms with van der Waals surface area (Å²) in [6.45, 7) is 20.6. The van der Waals surface area contributed by atoms with Gasteiger partial charge in [0.1, 0.15) is 0 Å². The molecular weight excluding hydrogens is 220 g/mol. The monoisotopic (exact) mass is 255 g/mol. The van der Waals surface area contributed by atoms with Gasteiger partial charge in [-0.1, -0.05) is 0 Å². The highest BCUT2D eigenvalue weighted by atomic mass is 15.4. The first kappa shape index (κ1) is 16.0. The third-order valence-electron chi connectivity index (χ3n) is 5.95. The highest BCUT2D eigenvalue weighted by Crippen LogP contribution is 2.41. The normalized spacial score (nSPS) is 25.3. The molecule has 0 radical (unpaired) electrons. The summed E-state index contributed by atoms with van der Waals surface area (Å²) >= 11 is 0. The molecule has 1 aliphatic heterocycles. The van der Waals surface area contributed by atoms with Crippen LogP contribution in [0.1, 0.15) is 61.3 Å². The molecule has 0 N–H and O–H groups in total. The van der Waals surface area contributed by atoms with Crippen LogP contribution in [0.4, 0.5) is 0 Å². The third-order valence-corrected chi connectivity index (χ3v) is 5.95. The van der Waals surface area contributed by atoms with Crippen molar-refractivity contribution in [1.82, 2.24) is 4.90 Å². The average molecular weight is 255 g/mol. The summed E-state index contributed by atoms with van der Waals surface area (Å²) in [6, 6.07) is 0.811. The summed E-state index contributed by atoms with van der Waals surface area (Å²) in [4.78, 5) is 2.59. The van der Waals surface area contributed by atoms with Gasteiger partial charge >= 0.3 is 0 Å². The van der Waals surface area contributed by atoms with E-state index >= 15 is 0 Å². The van der Waals surface area contributed by atoms with Crippen molar-refractivity contribution in [1.29, 1.82) is 0 Å². The van der Waals surface area contributed by atoms with Crippen LogP contribution in [-0.4, -0.2) is 53.2 Å². The van der Waals surface area contributed by atoms with Crippen LogP contribution in [0.15, 0.2) is 0 Å². The molecule has 1 heterocycles. The van der Waals surface area contributed by atoms with E-state index in [1.165, 1.54) is 37.0 Å². The highest BCUT2D eigenvalue weighted by molar-refractivity contribution is 4.99. The van der Waals surface area contributed by atoms with E-state index in [4.69, 9.17) is 0 Å². The first-order valence-corrected chi connectivity index (χ1v) is 7.75. The molecule has 0 amide bonds. The fourth-order valence-corrected chi connectivity index (χ4v) is 4.15. The van der Waals surface area contributed by atoms with Gasteiger partial charge in [0, 0.05) is 23.9 Å². The van der Waals surface area contributed by atoms with E-state index < -0.39 is 0 Å². The minimum Gasteiger partial charge on any atom is -0.322 e. The topological polar surface area (TPSA) is 3.24 Å². The lowest BCUT2D eigenvalue weighted by molar-refractivity contribution is -0.949. The summed E-state index contributed by atoms with van der Waals surface area (Å²) in [5.41, 5.74) is 0.630. The van der Waals surface area contributed by atoms with Crippen LogP contribution in [0, 0.1) is 0 Å². The molecule has 108 valence electrons. The number of quaternary nitrogens is 1. The van der Waals surface area contributed by atoms with Crippen LogP contribution in [-0.2, 0) is 0 Å². The van der Waals surface area contributed by atoms with Crippen LogP contribution in [0.25, 0.3) is 0 Å². The van der Waals surface area contributed by atoms with Crippen LogP contribution < -0.4 is 0 Å². The summed E-state index contributed by atoms with van der Waals surface area (Å²) in [7, 11) is 2.30. The summed E-state index contributed by atoms with van der Waals surface area (Å²) in [5.74, 6) is 0. The molecule has 0 atom stereocenters. The van der Waals surface area contributed by atoms with Crippen molar-refractivity contribution in [3.8, 4) is 0 Å². The maximum atomic E-state index is 2.59. The van der Waals surface area contributed by atoms with Crippen LogP contribution in [0.5, 0.6) is 0 Å². The van der Waals surface area contributed by atoms with Crippen molar-refractivity contribution in [2.24, 2.45) is 0 Å². The smallest absolute Gasteiger partial charge is 0.0925 e. The first-order chi connectivity index (χ1) is 8.15.